The number of aryl methyl sites for hydroxylation is 1. The maximum atomic E-state index is 4.84. The average molecular weight is 291 g/mol. The van der Waals surface area contributed by atoms with Crippen LogP contribution in [0.3, 0.4) is 0 Å². The number of pyridine rings is 1. The van der Waals surface area contributed by atoms with E-state index in [1.165, 1.54) is 31.2 Å². The molecule has 0 aliphatic heterocycles. The first-order chi connectivity index (χ1) is 10.1. The highest BCUT2D eigenvalue weighted by Gasteiger charge is 2.12. The number of hydrogen-bond acceptors (Lipinski definition) is 3. The van der Waals surface area contributed by atoms with Gasteiger partial charge in [0.15, 0.2) is 0 Å². The Hall–Kier alpha value is -1.09. The molecule has 0 amide bonds. The van der Waals surface area contributed by atoms with Crippen LogP contribution < -0.4 is 10.2 Å². The van der Waals surface area contributed by atoms with Crippen molar-refractivity contribution in [2.45, 2.75) is 72.9 Å². The maximum absolute atomic E-state index is 4.84. The lowest BCUT2D eigenvalue weighted by atomic mass is 10.1. The van der Waals surface area contributed by atoms with Crippen LogP contribution in [-0.4, -0.2) is 24.1 Å². The van der Waals surface area contributed by atoms with Crippen molar-refractivity contribution in [3.63, 3.8) is 0 Å². The van der Waals surface area contributed by atoms with Gasteiger partial charge in [-0.2, -0.15) is 0 Å². The Morgan fingerprint density at radius 3 is 2.48 bits per heavy atom. The van der Waals surface area contributed by atoms with E-state index in [9.17, 15) is 0 Å². The molecular weight excluding hydrogens is 258 g/mol. The third-order valence-electron chi connectivity index (χ3n) is 3.84. The molecule has 1 rings (SSSR count). The number of rotatable bonds is 10. The summed E-state index contributed by atoms with van der Waals surface area (Å²) in [7, 11) is 0. The van der Waals surface area contributed by atoms with Gasteiger partial charge in [0, 0.05) is 24.8 Å². The van der Waals surface area contributed by atoms with Crippen molar-refractivity contribution in [1.82, 2.24) is 10.3 Å². The molecule has 120 valence electrons. The lowest BCUT2D eigenvalue weighted by Crippen LogP contribution is -2.32. The van der Waals surface area contributed by atoms with E-state index >= 15 is 0 Å². The topological polar surface area (TPSA) is 28.2 Å². The number of hydrogen-bond donors (Lipinski definition) is 1. The Morgan fingerprint density at radius 1 is 1.14 bits per heavy atom. The second kappa shape index (κ2) is 9.78. The highest BCUT2D eigenvalue weighted by Crippen LogP contribution is 2.18. The second-order valence-corrected chi connectivity index (χ2v) is 6.09. The maximum Gasteiger partial charge on any atom is 0.129 e. The van der Waals surface area contributed by atoms with Crippen LogP contribution in [0.15, 0.2) is 12.1 Å². The molecule has 21 heavy (non-hydrogen) atoms. The highest BCUT2D eigenvalue weighted by molar-refractivity contribution is 5.42. The number of unbranched alkanes of at least 4 members (excludes halogenated alkanes) is 2. The SMILES string of the molecule is CCCCCN(c1ccc(CNCCC)c(C)n1)C(C)C. The highest BCUT2D eigenvalue weighted by atomic mass is 15.2. The van der Waals surface area contributed by atoms with Crippen LogP contribution in [0, 0.1) is 6.92 Å². The van der Waals surface area contributed by atoms with Gasteiger partial charge in [-0.05, 0) is 51.8 Å². The van der Waals surface area contributed by atoms with Crippen LogP contribution in [-0.2, 0) is 6.54 Å². The van der Waals surface area contributed by atoms with Crippen molar-refractivity contribution in [2.24, 2.45) is 0 Å². The third-order valence-corrected chi connectivity index (χ3v) is 3.84. The summed E-state index contributed by atoms with van der Waals surface area (Å²) in [6, 6.07) is 4.91. The fourth-order valence-corrected chi connectivity index (χ4v) is 2.49. The van der Waals surface area contributed by atoms with Crippen LogP contribution in [0.5, 0.6) is 0 Å². The van der Waals surface area contributed by atoms with Gasteiger partial charge in [0.1, 0.15) is 5.82 Å². The molecule has 1 aromatic heterocycles. The van der Waals surface area contributed by atoms with Gasteiger partial charge in [-0.15, -0.1) is 0 Å². The fraction of sp³-hybridized carbons (Fsp3) is 0.722. The van der Waals surface area contributed by atoms with Crippen LogP contribution in [0.1, 0.15) is 64.6 Å². The summed E-state index contributed by atoms with van der Waals surface area (Å²) < 4.78 is 0. The van der Waals surface area contributed by atoms with Gasteiger partial charge in [0.25, 0.3) is 0 Å². The molecular formula is C18H33N3. The molecule has 0 radical (unpaired) electrons. The molecule has 1 N–H and O–H groups in total. The van der Waals surface area contributed by atoms with E-state index in [2.05, 4.69) is 57.0 Å². The molecule has 0 aliphatic rings. The van der Waals surface area contributed by atoms with E-state index in [1.807, 2.05) is 0 Å². The number of nitrogens with one attached hydrogen (secondary N) is 1. The Bertz CT molecular complexity index is 401. The minimum Gasteiger partial charge on any atom is -0.354 e. The zero-order valence-electron chi connectivity index (χ0n) is 14.6. The molecule has 0 saturated heterocycles. The van der Waals surface area contributed by atoms with Crippen molar-refractivity contribution in [3.8, 4) is 0 Å². The minimum atomic E-state index is 0.498. The summed E-state index contributed by atoms with van der Waals surface area (Å²) in [5.41, 5.74) is 2.46. The molecule has 0 bridgehead atoms. The molecule has 3 nitrogen and oxygen atoms in total. The van der Waals surface area contributed by atoms with Crippen molar-refractivity contribution in [1.29, 1.82) is 0 Å². The zero-order valence-corrected chi connectivity index (χ0v) is 14.6. The number of anilines is 1. The molecule has 0 atom stereocenters. The summed E-state index contributed by atoms with van der Waals surface area (Å²) >= 11 is 0. The molecule has 1 heterocycles. The van der Waals surface area contributed by atoms with Gasteiger partial charge < -0.3 is 10.2 Å². The molecule has 0 saturated carbocycles. The number of aromatic nitrogens is 1. The molecule has 0 fully saturated rings. The molecule has 0 aromatic carbocycles. The molecule has 0 aliphatic carbocycles. The normalized spacial score (nSPS) is 11.1. The lowest BCUT2D eigenvalue weighted by Gasteiger charge is -2.28. The summed E-state index contributed by atoms with van der Waals surface area (Å²) in [6.45, 7) is 14.2. The smallest absolute Gasteiger partial charge is 0.129 e. The van der Waals surface area contributed by atoms with Gasteiger partial charge in [0.2, 0.25) is 0 Å². The molecule has 1 aromatic rings. The van der Waals surface area contributed by atoms with Crippen molar-refractivity contribution < 1.29 is 0 Å². The van der Waals surface area contributed by atoms with Gasteiger partial charge in [-0.25, -0.2) is 4.98 Å². The Labute approximate surface area is 131 Å². The van der Waals surface area contributed by atoms with Crippen molar-refractivity contribution in [3.05, 3.63) is 23.4 Å². The summed E-state index contributed by atoms with van der Waals surface area (Å²) in [5.74, 6) is 1.12. The Balaban J connectivity index is 2.73. The van der Waals surface area contributed by atoms with Crippen molar-refractivity contribution >= 4 is 5.82 Å². The van der Waals surface area contributed by atoms with Crippen LogP contribution in [0.2, 0.25) is 0 Å². The van der Waals surface area contributed by atoms with Crippen LogP contribution in [0.4, 0.5) is 5.82 Å². The van der Waals surface area contributed by atoms with E-state index in [4.69, 9.17) is 4.98 Å². The minimum absolute atomic E-state index is 0.498. The number of nitrogens with zero attached hydrogens (tertiary/aromatic N) is 2. The second-order valence-electron chi connectivity index (χ2n) is 6.09. The standard InChI is InChI=1S/C18H33N3/c1-6-8-9-13-21(15(3)4)18-11-10-17(16(5)20-18)14-19-12-7-2/h10-11,15,19H,6-9,12-14H2,1-5H3. The van der Waals surface area contributed by atoms with Crippen molar-refractivity contribution in [2.75, 3.05) is 18.0 Å². The van der Waals surface area contributed by atoms with Gasteiger partial charge in [-0.1, -0.05) is 32.8 Å². The third kappa shape index (κ3) is 6.04. The van der Waals surface area contributed by atoms with Gasteiger partial charge in [0.05, 0.1) is 0 Å². The Kier molecular flexibility index (Phi) is 8.36. The first kappa shape index (κ1) is 18.0. The summed E-state index contributed by atoms with van der Waals surface area (Å²) in [6.07, 6.45) is 4.97. The van der Waals surface area contributed by atoms with Gasteiger partial charge in [-0.3, -0.25) is 0 Å². The van der Waals surface area contributed by atoms with Crippen LogP contribution in [0.25, 0.3) is 0 Å². The molecule has 3 heteroatoms. The predicted octanol–water partition coefficient (Wildman–Crippen LogP) is 4.29. The van der Waals surface area contributed by atoms with E-state index in [-0.39, 0.29) is 0 Å². The fourth-order valence-electron chi connectivity index (χ4n) is 2.49. The summed E-state index contributed by atoms with van der Waals surface area (Å²) in [5, 5.41) is 3.45. The zero-order chi connectivity index (χ0) is 15.7. The molecule has 0 unspecified atom stereocenters. The molecule has 0 spiro atoms. The predicted molar refractivity (Wildman–Crippen MR) is 93.0 cm³/mol. The lowest BCUT2D eigenvalue weighted by molar-refractivity contribution is 0.618. The van der Waals surface area contributed by atoms with E-state index in [1.54, 1.807) is 0 Å². The van der Waals surface area contributed by atoms with Gasteiger partial charge >= 0.3 is 0 Å². The quantitative estimate of drug-likeness (QED) is 0.652. The first-order valence-corrected chi connectivity index (χ1v) is 8.54. The first-order valence-electron chi connectivity index (χ1n) is 8.54. The summed E-state index contributed by atoms with van der Waals surface area (Å²) in [4.78, 5) is 7.26. The van der Waals surface area contributed by atoms with E-state index in [0.29, 0.717) is 6.04 Å². The average Bonchev–Trinajstić information content (AvgIpc) is 2.45. The Morgan fingerprint density at radius 2 is 1.90 bits per heavy atom. The van der Waals surface area contributed by atoms with E-state index in [0.717, 1.165) is 31.1 Å². The van der Waals surface area contributed by atoms with Crippen LogP contribution >= 0.6 is 0 Å². The largest absolute Gasteiger partial charge is 0.354 e. The van der Waals surface area contributed by atoms with E-state index < -0.39 is 0 Å². The monoisotopic (exact) mass is 291 g/mol.